The van der Waals surface area contributed by atoms with Crippen LogP contribution < -0.4 is 5.73 Å². The zero-order valence-electron chi connectivity index (χ0n) is 8.17. The summed E-state index contributed by atoms with van der Waals surface area (Å²) >= 11 is 5.73. The second kappa shape index (κ2) is 4.10. The number of primary amides is 1. The van der Waals surface area contributed by atoms with Crippen LogP contribution in [-0.2, 0) is 0 Å². The number of amides is 1. The van der Waals surface area contributed by atoms with E-state index in [9.17, 15) is 13.6 Å². The minimum Gasteiger partial charge on any atom is -0.364 e. The Labute approximate surface area is 98.6 Å². The molecule has 0 fully saturated rings. The van der Waals surface area contributed by atoms with Crippen LogP contribution in [0.3, 0.4) is 0 Å². The highest BCUT2D eigenvalue weighted by Gasteiger charge is 2.22. The van der Waals surface area contributed by atoms with Gasteiger partial charge in [-0.25, -0.2) is 8.78 Å². The van der Waals surface area contributed by atoms with Crippen molar-refractivity contribution in [1.29, 1.82) is 0 Å². The number of H-pyrrole nitrogens is 1. The van der Waals surface area contributed by atoms with Gasteiger partial charge in [-0.1, -0.05) is 11.6 Å². The van der Waals surface area contributed by atoms with E-state index in [4.69, 9.17) is 17.3 Å². The van der Waals surface area contributed by atoms with Gasteiger partial charge >= 0.3 is 0 Å². The van der Waals surface area contributed by atoms with E-state index in [1.807, 2.05) is 0 Å². The number of nitrogens with one attached hydrogen (secondary N) is 1. The van der Waals surface area contributed by atoms with Gasteiger partial charge in [0, 0.05) is 0 Å². The average molecular weight is 259 g/mol. The highest BCUT2D eigenvalue weighted by molar-refractivity contribution is 6.33. The van der Waals surface area contributed by atoms with E-state index in [2.05, 4.69) is 15.4 Å². The lowest BCUT2D eigenvalue weighted by molar-refractivity contribution is 0.0996. The van der Waals surface area contributed by atoms with Gasteiger partial charge in [-0.2, -0.15) is 15.4 Å². The van der Waals surface area contributed by atoms with Gasteiger partial charge in [0.15, 0.2) is 17.3 Å². The molecule has 0 bridgehead atoms. The quantitative estimate of drug-likeness (QED) is 0.801. The molecule has 0 saturated heterocycles. The maximum atomic E-state index is 13.6. The molecular formula is C9H5ClF2N4O. The monoisotopic (exact) mass is 258 g/mol. The van der Waals surface area contributed by atoms with E-state index in [1.165, 1.54) is 0 Å². The fourth-order valence-corrected chi connectivity index (χ4v) is 1.56. The maximum absolute atomic E-state index is 13.6. The zero-order chi connectivity index (χ0) is 12.6. The summed E-state index contributed by atoms with van der Waals surface area (Å²) in [5, 5.41) is 8.99. The zero-order valence-corrected chi connectivity index (χ0v) is 8.92. The summed E-state index contributed by atoms with van der Waals surface area (Å²) < 4.78 is 26.7. The van der Waals surface area contributed by atoms with Crippen LogP contribution in [-0.4, -0.2) is 21.3 Å². The number of rotatable bonds is 2. The number of halogens is 3. The Kier molecular flexibility index (Phi) is 2.76. The van der Waals surface area contributed by atoms with Crippen molar-refractivity contribution in [2.45, 2.75) is 0 Å². The van der Waals surface area contributed by atoms with Crippen LogP contribution in [0.25, 0.3) is 11.3 Å². The number of aromatic amines is 1. The molecule has 1 amide bonds. The number of carbonyl (C=O) groups is 1. The van der Waals surface area contributed by atoms with Crippen molar-refractivity contribution in [3.8, 4) is 11.3 Å². The van der Waals surface area contributed by atoms with E-state index < -0.39 is 17.5 Å². The van der Waals surface area contributed by atoms with Crippen molar-refractivity contribution in [2.75, 3.05) is 0 Å². The van der Waals surface area contributed by atoms with Gasteiger partial charge in [-0.3, -0.25) is 4.79 Å². The van der Waals surface area contributed by atoms with Gasteiger partial charge < -0.3 is 5.73 Å². The molecule has 1 heterocycles. The van der Waals surface area contributed by atoms with Gasteiger partial charge in [-0.15, -0.1) is 0 Å². The molecule has 0 spiro atoms. The third kappa shape index (κ3) is 1.84. The Morgan fingerprint density at radius 1 is 1.35 bits per heavy atom. The molecule has 0 aliphatic heterocycles. The smallest absolute Gasteiger partial charge is 0.271 e. The molecule has 0 aliphatic rings. The number of aromatic nitrogens is 3. The Hall–Kier alpha value is -2.02. The fraction of sp³-hybridized carbons (Fsp3) is 0. The lowest BCUT2D eigenvalue weighted by Crippen LogP contribution is -2.13. The van der Waals surface area contributed by atoms with E-state index in [-0.39, 0.29) is 22.0 Å². The van der Waals surface area contributed by atoms with Crippen LogP contribution in [0.1, 0.15) is 10.5 Å². The normalized spacial score (nSPS) is 10.5. The molecule has 2 rings (SSSR count). The summed E-state index contributed by atoms with van der Waals surface area (Å²) in [5.74, 6) is -3.25. The van der Waals surface area contributed by atoms with Crippen molar-refractivity contribution in [3.63, 3.8) is 0 Å². The van der Waals surface area contributed by atoms with E-state index in [0.717, 1.165) is 12.1 Å². The lowest BCUT2D eigenvalue weighted by atomic mass is 10.1. The maximum Gasteiger partial charge on any atom is 0.271 e. The molecule has 3 N–H and O–H groups in total. The van der Waals surface area contributed by atoms with Crippen molar-refractivity contribution in [1.82, 2.24) is 15.4 Å². The van der Waals surface area contributed by atoms with Gasteiger partial charge in [0.25, 0.3) is 5.91 Å². The first kappa shape index (κ1) is 11.5. The number of nitrogens with zero attached hydrogens (tertiary/aromatic N) is 2. The summed E-state index contributed by atoms with van der Waals surface area (Å²) in [4.78, 5) is 11.0. The summed E-state index contributed by atoms with van der Waals surface area (Å²) in [6.07, 6.45) is 0. The SMILES string of the molecule is NC(=O)c1n[nH]nc1-c1c(Cl)ccc(F)c1F. The van der Waals surface area contributed by atoms with Crippen LogP contribution in [0.2, 0.25) is 5.02 Å². The van der Waals surface area contributed by atoms with Crippen molar-refractivity contribution < 1.29 is 13.6 Å². The molecule has 1 aromatic carbocycles. The first-order valence-electron chi connectivity index (χ1n) is 4.36. The molecule has 88 valence electrons. The predicted molar refractivity (Wildman–Crippen MR) is 55.3 cm³/mol. The van der Waals surface area contributed by atoms with Crippen LogP contribution in [0, 0.1) is 11.6 Å². The number of benzene rings is 1. The van der Waals surface area contributed by atoms with Crippen LogP contribution in [0.15, 0.2) is 12.1 Å². The molecular weight excluding hydrogens is 254 g/mol. The van der Waals surface area contributed by atoms with Crippen LogP contribution in [0.4, 0.5) is 8.78 Å². The third-order valence-corrected chi connectivity index (χ3v) is 2.38. The lowest BCUT2D eigenvalue weighted by Gasteiger charge is -2.04. The summed E-state index contributed by atoms with van der Waals surface area (Å²) in [7, 11) is 0. The Balaban J connectivity index is 2.72. The molecule has 0 aliphatic carbocycles. The van der Waals surface area contributed by atoms with Crippen LogP contribution >= 0.6 is 11.6 Å². The largest absolute Gasteiger partial charge is 0.364 e. The first-order chi connectivity index (χ1) is 8.02. The highest BCUT2D eigenvalue weighted by atomic mass is 35.5. The Morgan fingerprint density at radius 3 is 2.71 bits per heavy atom. The Morgan fingerprint density at radius 2 is 2.06 bits per heavy atom. The minimum absolute atomic E-state index is 0.0969. The van der Waals surface area contributed by atoms with E-state index >= 15 is 0 Å². The molecule has 1 aromatic heterocycles. The number of carbonyl (C=O) groups excluding carboxylic acids is 1. The predicted octanol–water partition coefficient (Wildman–Crippen LogP) is 1.50. The molecule has 0 radical (unpaired) electrons. The van der Waals surface area contributed by atoms with Gasteiger partial charge in [0.05, 0.1) is 10.6 Å². The van der Waals surface area contributed by atoms with Crippen molar-refractivity contribution in [2.24, 2.45) is 5.73 Å². The van der Waals surface area contributed by atoms with Crippen molar-refractivity contribution in [3.05, 3.63) is 34.5 Å². The first-order valence-corrected chi connectivity index (χ1v) is 4.74. The summed E-state index contributed by atoms with van der Waals surface area (Å²) in [6.45, 7) is 0. The molecule has 17 heavy (non-hydrogen) atoms. The minimum atomic E-state index is -1.21. The molecule has 0 saturated carbocycles. The second-order valence-electron chi connectivity index (χ2n) is 3.10. The molecule has 5 nitrogen and oxygen atoms in total. The standard InChI is InChI=1S/C9H5ClF2N4O/c10-3-1-2-4(11)6(12)5(3)7-8(9(13)17)15-16-14-7/h1-2H,(H2,13,17)(H,14,15,16). The van der Waals surface area contributed by atoms with Gasteiger partial charge in [-0.05, 0) is 12.1 Å². The molecule has 8 heteroatoms. The number of nitrogens with two attached hydrogens (primary N) is 1. The molecule has 2 aromatic rings. The number of hydrogen-bond acceptors (Lipinski definition) is 3. The highest BCUT2D eigenvalue weighted by Crippen LogP contribution is 2.31. The third-order valence-electron chi connectivity index (χ3n) is 2.06. The molecule has 0 atom stereocenters. The average Bonchev–Trinajstić information content (AvgIpc) is 2.73. The fourth-order valence-electron chi connectivity index (χ4n) is 1.32. The summed E-state index contributed by atoms with van der Waals surface area (Å²) in [5.41, 5.74) is 4.13. The van der Waals surface area contributed by atoms with Crippen molar-refractivity contribution >= 4 is 17.5 Å². The summed E-state index contributed by atoms with van der Waals surface area (Å²) in [6, 6.07) is 2.01. The van der Waals surface area contributed by atoms with Crippen LogP contribution in [0.5, 0.6) is 0 Å². The second-order valence-corrected chi connectivity index (χ2v) is 3.51. The Bertz CT molecular complexity index is 599. The topological polar surface area (TPSA) is 84.7 Å². The van der Waals surface area contributed by atoms with Gasteiger partial charge in [0.1, 0.15) is 5.69 Å². The van der Waals surface area contributed by atoms with E-state index in [1.54, 1.807) is 0 Å². The molecule has 0 unspecified atom stereocenters. The van der Waals surface area contributed by atoms with Gasteiger partial charge in [0.2, 0.25) is 0 Å². The number of hydrogen-bond donors (Lipinski definition) is 2. The van der Waals surface area contributed by atoms with E-state index in [0.29, 0.717) is 0 Å².